The average molecular weight is 442 g/mol. The summed E-state index contributed by atoms with van der Waals surface area (Å²) in [5.41, 5.74) is 0.868. The summed E-state index contributed by atoms with van der Waals surface area (Å²) >= 11 is 9.13. The van der Waals surface area contributed by atoms with Crippen LogP contribution in [0.15, 0.2) is 53.4 Å². The van der Waals surface area contributed by atoms with E-state index in [1.54, 1.807) is 16.7 Å². The highest BCUT2D eigenvalue weighted by Crippen LogP contribution is 2.31. The van der Waals surface area contributed by atoms with Gasteiger partial charge in [0.15, 0.2) is 5.13 Å². The lowest BCUT2D eigenvalue weighted by Gasteiger charge is -2.21. The van der Waals surface area contributed by atoms with Gasteiger partial charge in [-0.3, -0.25) is 9.69 Å². The third-order valence-electron chi connectivity index (χ3n) is 3.75. The van der Waals surface area contributed by atoms with Crippen molar-refractivity contribution >= 4 is 68.4 Å². The normalized spacial score (nSPS) is 10.8. The monoisotopic (exact) mass is 441 g/mol. The van der Waals surface area contributed by atoms with Gasteiger partial charge in [-0.2, -0.15) is 0 Å². The summed E-state index contributed by atoms with van der Waals surface area (Å²) in [4.78, 5) is 22.5. The molecule has 0 radical (unpaired) electrons. The number of benzene rings is 2. The van der Waals surface area contributed by atoms with E-state index in [4.69, 9.17) is 11.6 Å². The highest BCUT2D eigenvalue weighted by atomic mass is 35.5. The molecular weight excluding hydrogens is 421 g/mol. The number of nitrogens with zero attached hydrogens (tertiary/aromatic N) is 3. The Morgan fingerprint density at radius 1 is 1.15 bits per heavy atom. The molecule has 0 spiro atoms. The standard InChI is InChI=1S/C19H20ClN3OS2.ClH/c1-22(2)10-11-23(18(24)13-25-15-6-4-3-5-7-15)19-21-16-9-8-14(20)12-17(16)26-19;/h3-9,12H,10-11,13H2,1-2H3;1H. The number of hydrogen-bond donors (Lipinski definition) is 0. The zero-order valence-electron chi connectivity index (χ0n) is 15.1. The van der Waals surface area contributed by atoms with E-state index in [1.165, 1.54) is 11.3 Å². The molecule has 27 heavy (non-hydrogen) atoms. The summed E-state index contributed by atoms with van der Waals surface area (Å²) < 4.78 is 0.992. The van der Waals surface area contributed by atoms with Crippen molar-refractivity contribution in [2.75, 3.05) is 37.8 Å². The number of rotatable bonds is 7. The fourth-order valence-corrected chi connectivity index (χ4v) is 4.45. The van der Waals surface area contributed by atoms with Crippen LogP contribution in [0.1, 0.15) is 0 Å². The maximum absolute atomic E-state index is 12.9. The average Bonchev–Trinajstić information content (AvgIpc) is 3.03. The number of hydrogen-bond acceptors (Lipinski definition) is 5. The third-order valence-corrected chi connectivity index (χ3v) is 6.02. The van der Waals surface area contributed by atoms with Crippen LogP contribution in [-0.2, 0) is 4.79 Å². The van der Waals surface area contributed by atoms with Crippen molar-refractivity contribution in [1.82, 2.24) is 9.88 Å². The summed E-state index contributed by atoms with van der Waals surface area (Å²) in [6.07, 6.45) is 0. The maximum atomic E-state index is 12.9. The van der Waals surface area contributed by atoms with Gasteiger partial charge < -0.3 is 4.90 Å². The van der Waals surface area contributed by atoms with E-state index >= 15 is 0 Å². The van der Waals surface area contributed by atoms with Crippen LogP contribution in [0.5, 0.6) is 0 Å². The smallest absolute Gasteiger partial charge is 0.239 e. The molecule has 0 aliphatic carbocycles. The molecule has 2 aromatic carbocycles. The van der Waals surface area contributed by atoms with E-state index in [-0.39, 0.29) is 18.3 Å². The lowest BCUT2D eigenvalue weighted by atomic mass is 10.3. The molecule has 144 valence electrons. The minimum absolute atomic E-state index is 0. The van der Waals surface area contributed by atoms with Gasteiger partial charge in [0.1, 0.15) is 0 Å². The predicted molar refractivity (Wildman–Crippen MR) is 120 cm³/mol. The van der Waals surface area contributed by atoms with Crippen LogP contribution in [0, 0.1) is 0 Å². The summed E-state index contributed by atoms with van der Waals surface area (Å²) in [5, 5.41) is 1.40. The highest BCUT2D eigenvalue weighted by molar-refractivity contribution is 8.00. The van der Waals surface area contributed by atoms with Crippen molar-refractivity contribution < 1.29 is 4.79 Å². The van der Waals surface area contributed by atoms with Gasteiger partial charge in [-0.1, -0.05) is 41.1 Å². The number of carbonyl (C=O) groups is 1. The molecule has 3 aromatic rings. The molecule has 8 heteroatoms. The Labute approximate surface area is 178 Å². The quantitative estimate of drug-likeness (QED) is 0.480. The lowest BCUT2D eigenvalue weighted by molar-refractivity contribution is -0.116. The molecule has 0 aliphatic rings. The first-order valence-corrected chi connectivity index (χ1v) is 10.4. The first-order valence-electron chi connectivity index (χ1n) is 8.22. The fourth-order valence-electron chi connectivity index (χ4n) is 2.37. The largest absolute Gasteiger partial charge is 0.308 e. The number of anilines is 1. The molecule has 3 rings (SSSR count). The molecule has 0 saturated heterocycles. The maximum Gasteiger partial charge on any atom is 0.239 e. The van der Waals surface area contributed by atoms with Gasteiger partial charge in [0.05, 0.1) is 16.0 Å². The first kappa shape index (κ1) is 22.0. The van der Waals surface area contributed by atoms with Gasteiger partial charge in [0, 0.05) is 23.0 Å². The summed E-state index contributed by atoms with van der Waals surface area (Å²) in [7, 11) is 4.00. The van der Waals surface area contributed by atoms with E-state index in [0.29, 0.717) is 17.3 Å². The van der Waals surface area contributed by atoms with E-state index in [2.05, 4.69) is 9.88 Å². The van der Waals surface area contributed by atoms with Gasteiger partial charge >= 0.3 is 0 Å². The molecule has 0 saturated carbocycles. The van der Waals surface area contributed by atoms with Crippen LogP contribution in [0.2, 0.25) is 5.02 Å². The first-order chi connectivity index (χ1) is 12.5. The second-order valence-corrected chi connectivity index (χ2v) is 8.55. The second kappa shape index (κ2) is 10.3. The molecule has 1 aromatic heterocycles. The Hall–Kier alpha value is -1.31. The number of thiazole rings is 1. The Balaban J connectivity index is 0.00000261. The van der Waals surface area contributed by atoms with E-state index in [0.717, 1.165) is 26.8 Å². The molecule has 0 N–H and O–H groups in total. The van der Waals surface area contributed by atoms with Crippen molar-refractivity contribution in [3.05, 3.63) is 53.6 Å². The molecule has 1 heterocycles. The molecule has 0 fully saturated rings. The number of likely N-dealkylation sites (N-methyl/N-ethyl adjacent to an activating group) is 1. The minimum atomic E-state index is 0. The predicted octanol–water partition coefficient (Wildman–Crippen LogP) is 5.06. The number of amides is 1. The van der Waals surface area contributed by atoms with Gasteiger partial charge in [0.2, 0.25) is 5.91 Å². The topological polar surface area (TPSA) is 36.4 Å². The molecule has 0 aliphatic heterocycles. The van der Waals surface area contributed by atoms with E-state index < -0.39 is 0 Å². The Kier molecular flexibility index (Phi) is 8.38. The lowest BCUT2D eigenvalue weighted by Crippen LogP contribution is -2.37. The van der Waals surface area contributed by atoms with Crippen LogP contribution in [-0.4, -0.2) is 48.7 Å². The molecule has 0 unspecified atom stereocenters. The van der Waals surface area contributed by atoms with Gasteiger partial charge in [0.25, 0.3) is 0 Å². The van der Waals surface area contributed by atoms with Crippen LogP contribution in [0.3, 0.4) is 0 Å². The van der Waals surface area contributed by atoms with Crippen LogP contribution >= 0.6 is 47.1 Å². The van der Waals surface area contributed by atoms with E-state index in [9.17, 15) is 4.79 Å². The van der Waals surface area contributed by atoms with E-state index in [1.807, 2.05) is 62.6 Å². The summed E-state index contributed by atoms with van der Waals surface area (Å²) in [5.74, 6) is 0.444. The third kappa shape index (κ3) is 6.09. The zero-order valence-corrected chi connectivity index (χ0v) is 18.3. The molecule has 4 nitrogen and oxygen atoms in total. The second-order valence-electron chi connectivity index (χ2n) is 6.06. The molecular formula is C19H21Cl2N3OS2. The minimum Gasteiger partial charge on any atom is -0.308 e. The SMILES string of the molecule is CN(C)CCN(C(=O)CSc1ccccc1)c1nc2ccc(Cl)cc2s1.Cl. The molecule has 0 bridgehead atoms. The van der Waals surface area contributed by atoms with Crippen LogP contribution in [0.4, 0.5) is 5.13 Å². The van der Waals surface area contributed by atoms with Crippen molar-refractivity contribution in [2.24, 2.45) is 0 Å². The Morgan fingerprint density at radius 3 is 2.59 bits per heavy atom. The highest BCUT2D eigenvalue weighted by Gasteiger charge is 2.20. The van der Waals surface area contributed by atoms with Crippen molar-refractivity contribution in [3.63, 3.8) is 0 Å². The number of fused-ring (bicyclic) bond motifs is 1. The zero-order chi connectivity index (χ0) is 18.5. The molecule has 1 amide bonds. The number of thioether (sulfide) groups is 1. The van der Waals surface area contributed by atoms with Crippen LogP contribution < -0.4 is 4.90 Å². The molecule has 0 atom stereocenters. The van der Waals surface area contributed by atoms with Crippen LogP contribution in [0.25, 0.3) is 10.2 Å². The van der Waals surface area contributed by atoms with Crippen molar-refractivity contribution in [2.45, 2.75) is 4.90 Å². The van der Waals surface area contributed by atoms with Gasteiger partial charge in [-0.05, 0) is 44.4 Å². The van der Waals surface area contributed by atoms with Crippen molar-refractivity contribution in [1.29, 1.82) is 0 Å². The number of halogens is 2. The summed E-state index contributed by atoms with van der Waals surface area (Å²) in [6.45, 7) is 1.38. The Bertz CT molecular complexity index is 887. The fraction of sp³-hybridized carbons (Fsp3) is 0.263. The number of aromatic nitrogens is 1. The number of carbonyl (C=O) groups excluding carboxylic acids is 1. The Morgan fingerprint density at radius 2 is 1.89 bits per heavy atom. The van der Waals surface area contributed by atoms with Gasteiger partial charge in [-0.25, -0.2) is 4.98 Å². The summed E-state index contributed by atoms with van der Waals surface area (Å²) in [6, 6.07) is 15.6. The van der Waals surface area contributed by atoms with Crippen molar-refractivity contribution in [3.8, 4) is 0 Å². The van der Waals surface area contributed by atoms with Gasteiger partial charge in [-0.15, -0.1) is 24.2 Å².